The van der Waals surface area contributed by atoms with Crippen molar-refractivity contribution in [2.75, 3.05) is 0 Å². The number of carbonyl (C=O) groups excluding carboxylic acids is 1. The molecule has 9 saturated carbocycles. The molecule has 16 unspecified atom stereocenters. The molecule has 0 spiro atoms. The van der Waals surface area contributed by atoms with E-state index < -0.39 is 0 Å². The lowest BCUT2D eigenvalue weighted by Crippen LogP contribution is -2.50. The maximum atomic E-state index is 12.0. The Morgan fingerprint density at radius 3 is 1.46 bits per heavy atom. The zero-order chi connectivity index (χ0) is 60.3. The van der Waals surface area contributed by atoms with Gasteiger partial charge >= 0.3 is 0 Å². The number of ketones is 1. The van der Waals surface area contributed by atoms with Crippen LogP contribution in [0.1, 0.15) is 309 Å². The van der Waals surface area contributed by atoms with Crippen molar-refractivity contribution >= 4 is 5.78 Å². The Balaban J connectivity index is 0.000000140. The number of aliphatic hydroxyl groups is 2. The lowest BCUT2D eigenvalue weighted by Gasteiger charge is -2.58. The van der Waals surface area contributed by atoms with E-state index in [9.17, 15) is 15.0 Å². The van der Waals surface area contributed by atoms with E-state index in [-0.39, 0.29) is 12.2 Å². The SMILES string of the molecule is CC(C)CCCC(C)C1CCC2C3=CC=C4CC(O)CC[C@]4(C)C3CC[C@@]21C.CC(C)CCCC(C)C1CCC2C3CC=C4CC(O)CC[C@]4(C)C3CC[C@]12C.CC(C)CCCC(C)C1CCC2C3CCC4=CC(=O)CC[C@]4(C)C3CC[C@]12C. The highest BCUT2D eigenvalue weighted by Gasteiger charge is 2.62. The van der Waals surface area contributed by atoms with E-state index in [0.717, 1.165) is 139 Å². The molecular formula is C81H134O3. The quantitative estimate of drug-likeness (QED) is 0.161. The van der Waals surface area contributed by atoms with Crippen molar-refractivity contribution in [2.24, 2.45) is 133 Å². The molecule has 0 aliphatic heterocycles. The normalized spacial score (nSPS) is 44.7. The molecule has 0 aromatic heterocycles. The van der Waals surface area contributed by atoms with Gasteiger partial charge in [0.1, 0.15) is 0 Å². The van der Waals surface area contributed by atoms with Gasteiger partial charge in [-0.15, -0.1) is 0 Å². The number of hydrogen-bond acceptors (Lipinski definition) is 3. The van der Waals surface area contributed by atoms with E-state index in [4.69, 9.17) is 0 Å². The van der Waals surface area contributed by atoms with Gasteiger partial charge in [-0.1, -0.05) is 202 Å². The monoisotopic (exact) mass is 1160 g/mol. The molecule has 0 aromatic rings. The second-order valence-corrected chi connectivity index (χ2v) is 36.0. The molecular weight excluding hydrogens is 1020 g/mol. The van der Waals surface area contributed by atoms with Gasteiger partial charge in [0.15, 0.2) is 5.78 Å². The number of allylic oxidation sites excluding steroid dienone is 5. The fourth-order valence-electron chi connectivity index (χ4n) is 25.3. The van der Waals surface area contributed by atoms with E-state index in [2.05, 4.69) is 128 Å². The van der Waals surface area contributed by atoms with E-state index in [1.54, 1.807) is 16.7 Å². The summed E-state index contributed by atoms with van der Waals surface area (Å²) >= 11 is 0. The van der Waals surface area contributed by atoms with Crippen molar-refractivity contribution in [1.29, 1.82) is 0 Å². The molecule has 12 aliphatic carbocycles. The maximum Gasteiger partial charge on any atom is 0.155 e. The molecule has 0 bridgehead atoms. The number of rotatable bonds is 15. The Morgan fingerprint density at radius 2 is 0.905 bits per heavy atom. The molecule has 12 rings (SSSR count). The van der Waals surface area contributed by atoms with Crippen molar-refractivity contribution in [3.8, 4) is 0 Å². The number of aliphatic hydroxyl groups excluding tert-OH is 2. The van der Waals surface area contributed by atoms with Gasteiger partial charge in [0.05, 0.1) is 12.2 Å². The molecule has 0 amide bonds. The van der Waals surface area contributed by atoms with Gasteiger partial charge < -0.3 is 10.2 Å². The fraction of sp³-hybridized carbons (Fsp3) is 0.889. The van der Waals surface area contributed by atoms with Gasteiger partial charge in [0, 0.05) is 6.42 Å². The second kappa shape index (κ2) is 26.0. The van der Waals surface area contributed by atoms with Gasteiger partial charge in [-0.2, -0.15) is 0 Å². The van der Waals surface area contributed by atoms with Crippen LogP contribution in [0.2, 0.25) is 0 Å². The van der Waals surface area contributed by atoms with Crippen LogP contribution in [0.25, 0.3) is 0 Å². The first kappa shape index (κ1) is 65.5. The number of fused-ring (bicyclic) bond motifs is 15. The van der Waals surface area contributed by atoms with Crippen LogP contribution < -0.4 is 0 Å². The fourth-order valence-corrected chi connectivity index (χ4v) is 25.3. The van der Waals surface area contributed by atoms with Crippen LogP contribution in [0, 0.1) is 133 Å². The van der Waals surface area contributed by atoms with E-state index in [1.807, 2.05) is 0 Å². The molecule has 9 fully saturated rings. The average molecular weight is 1160 g/mol. The summed E-state index contributed by atoms with van der Waals surface area (Å²) in [4.78, 5) is 12.0. The largest absolute Gasteiger partial charge is 0.393 e. The molecule has 0 saturated heterocycles. The van der Waals surface area contributed by atoms with Crippen LogP contribution in [0.15, 0.2) is 46.6 Å². The molecule has 3 nitrogen and oxygen atoms in total. The van der Waals surface area contributed by atoms with Crippen molar-refractivity contribution in [3.63, 3.8) is 0 Å². The van der Waals surface area contributed by atoms with Crippen LogP contribution in [0.3, 0.4) is 0 Å². The molecule has 84 heavy (non-hydrogen) atoms. The third-order valence-electron chi connectivity index (χ3n) is 30.2. The molecule has 0 aromatic carbocycles. The standard InChI is InChI=1S/C27H46O.2C27H44O/c3*1-18(2)7-6-8-19(3)23-11-12-24-22-10-9-20-17-21(28)13-15-26(20,4)25(22)14-16-27(23,24)5/h9,18-19,21-25,28H,6-8,10-17H2,1-5H3;17-19,22-25H,6-16H2,1-5H3;9-10,18-19,21,23-25,28H,6-8,11-17H2,1-5H3/t19?,21?,22?,23?,24?,25?,26-,27+;19?,22?,23?,24?,25?,26-,27+;19?,21?,23?,24?,25?,26-,27+/m000/s1. The molecule has 476 valence electrons. The van der Waals surface area contributed by atoms with Gasteiger partial charge in [0.2, 0.25) is 0 Å². The maximum absolute atomic E-state index is 12.0. The smallest absolute Gasteiger partial charge is 0.155 e. The summed E-state index contributed by atoms with van der Waals surface area (Å²) in [5.41, 5.74) is 9.23. The van der Waals surface area contributed by atoms with Crippen LogP contribution in [-0.4, -0.2) is 28.2 Å². The second-order valence-electron chi connectivity index (χ2n) is 36.0. The predicted molar refractivity (Wildman–Crippen MR) is 356 cm³/mol. The zero-order valence-corrected chi connectivity index (χ0v) is 57.7. The Hall–Kier alpha value is -1.45. The van der Waals surface area contributed by atoms with Crippen LogP contribution >= 0.6 is 0 Å². The van der Waals surface area contributed by atoms with Crippen LogP contribution in [0.5, 0.6) is 0 Å². The summed E-state index contributed by atoms with van der Waals surface area (Å²) in [6, 6.07) is 0. The van der Waals surface area contributed by atoms with Gasteiger partial charge in [-0.25, -0.2) is 0 Å². The minimum absolute atomic E-state index is 0.0766. The van der Waals surface area contributed by atoms with Gasteiger partial charge in [0.25, 0.3) is 0 Å². The van der Waals surface area contributed by atoms with E-state index in [0.29, 0.717) is 38.3 Å². The predicted octanol–water partition coefficient (Wildman–Crippen LogP) is 22.3. The lowest BCUT2D eigenvalue weighted by molar-refractivity contribution is -0.117. The third-order valence-corrected chi connectivity index (χ3v) is 30.2. The number of carbonyl (C=O) groups is 1. The number of hydrogen-bond donors (Lipinski definition) is 2. The van der Waals surface area contributed by atoms with E-state index >= 15 is 0 Å². The van der Waals surface area contributed by atoms with Gasteiger partial charge in [-0.05, 0) is 280 Å². The highest BCUT2D eigenvalue weighted by Crippen LogP contribution is 2.71. The summed E-state index contributed by atoms with van der Waals surface area (Å²) in [6.45, 7) is 37.5. The van der Waals surface area contributed by atoms with Gasteiger partial charge in [-0.3, -0.25) is 4.79 Å². The van der Waals surface area contributed by atoms with Crippen LogP contribution in [0.4, 0.5) is 0 Å². The Morgan fingerprint density at radius 1 is 0.429 bits per heavy atom. The summed E-state index contributed by atoms with van der Waals surface area (Å²) in [5.74, 6) is 15.4. The van der Waals surface area contributed by atoms with Crippen molar-refractivity contribution in [1.82, 2.24) is 0 Å². The Kier molecular flexibility index (Phi) is 20.3. The van der Waals surface area contributed by atoms with Crippen molar-refractivity contribution in [2.45, 2.75) is 322 Å². The molecule has 0 radical (unpaired) electrons. The van der Waals surface area contributed by atoms with E-state index in [1.165, 1.54) is 173 Å². The Bertz CT molecular complexity index is 2380. The lowest BCUT2D eigenvalue weighted by atomic mass is 9.46. The van der Waals surface area contributed by atoms with Crippen LogP contribution in [-0.2, 0) is 4.79 Å². The summed E-state index contributed by atoms with van der Waals surface area (Å²) in [5, 5.41) is 20.4. The molecule has 0 heterocycles. The molecule has 22 atom stereocenters. The molecule has 12 aliphatic rings. The topological polar surface area (TPSA) is 57.5 Å². The first-order chi connectivity index (χ1) is 39.8. The minimum atomic E-state index is -0.106. The molecule has 3 heteroatoms. The summed E-state index contributed by atoms with van der Waals surface area (Å²) in [7, 11) is 0. The first-order valence-corrected chi connectivity index (χ1v) is 37.5. The summed E-state index contributed by atoms with van der Waals surface area (Å²) in [6.07, 6.45) is 51.6. The summed E-state index contributed by atoms with van der Waals surface area (Å²) < 4.78 is 0. The average Bonchev–Trinajstić information content (AvgIpc) is 1.43. The molecule has 2 N–H and O–H groups in total. The first-order valence-electron chi connectivity index (χ1n) is 37.5. The Labute approximate surface area is 519 Å². The van der Waals surface area contributed by atoms with Crippen molar-refractivity contribution in [3.05, 3.63) is 46.6 Å². The minimum Gasteiger partial charge on any atom is -0.393 e. The highest BCUT2D eigenvalue weighted by molar-refractivity contribution is 5.91. The zero-order valence-electron chi connectivity index (χ0n) is 57.7. The third kappa shape index (κ3) is 12.4. The van der Waals surface area contributed by atoms with Crippen molar-refractivity contribution < 1.29 is 15.0 Å². The highest BCUT2D eigenvalue weighted by atomic mass is 16.3.